The van der Waals surface area contributed by atoms with Crippen LogP contribution in [-0.4, -0.2) is 32.6 Å². The van der Waals surface area contributed by atoms with Crippen molar-refractivity contribution in [3.63, 3.8) is 0 Å². The van der Waals surface area contributed by atoms with Crippen LogP contribution in [-0.2, 0) is 18.7 Å². The van der Waals surface area contributed by atoms with E-state index in [2.05, 4.69) is 34.6 Å². The number of halogens is 1. The number of fused-ring (bicyclic) bond motifs is 1. The van der Waals surface area contributed by atoms with Gasteiger partial charge in [0.05, 0.1) is 23.2 Å². The van der Waals surface area contributed by atoms with Gasteiger partial charge in [0.1, 0.15) is 11.6 Å². The van der Waals surface area contributed by atoms with Gasteiger partial charge in [-0.3, -0.25) is 4.90 Å². The number of para-hydroxylation sites is 2. The molecule has 1 aromatic heterocycles. The van der Waals surface area contributed by atoms with E-state index in [0.717, 1.165) is 49.5 Å². The van der Waals surface area contributed by atoms with Gasteiger partial charge in [-0.05, 0) is 62.6 Å². The Bertz CT molecular complexity index is 921. The van der Waals surface area contributed by atoms with Crippen molar-refractivity contribution in [1.29, 1.82) is 0 Å². The van der Waals surface area contributed by atoms with Gasteiger partial charge in [-0.1, -0.05) is 24.3 Å². The molecule has 27 heavy (non-hydrogen) atoms. The molecule has 142 valence electrons. The summed E-state index contributed by atoms with van der Waals surface area (Å²) < 4.78 is 15.5. The fourth-order valence-electron chi connectivity index (χ4n) is 4.18. The maximum atomic E-state index is 13.2. The van der Waals surface area contributed by atoms with Crippen LogP contribution < -0.4 is 0 Å². The number of aromatic nitrogens is 2. The third-order valence-corrected chi connectivity index (χ3v) is 5.70. The Kier molecular flexibility index (Phi) is 4.98. The van der Waals surface area contributed by atoms with E-state index in [9.17, 15) is 9.50 Å². The van der Waals surface area contributed by atoms with Crippen LogP contribution in [0.1, 0.15) is 37.6 Å². The second-order valence-corrected chi connectivity index (χ2v) is 7.43. The van der Waals surface area contributed by atoms with Crippen LogP contribution in [0.25, 0.3) is 11.0 Å². The number of aliphatic hydroxyl groups is 1. The molecule has 1 fully saturated rings. The molecule has 4 rings (SSSR count). The third-order valence-electron chi connectivity index (χ3n) is 5.70. The van der Waals surface area contributed by atoms with E-state index in [4.69, 9.17) is 4.98 Å². The molecule has 0 saturated carbocycles. The van der Waals surface area contributed by atoms with E-state index in [1.54, 1.807) is 12.1 Å². The predicted molar refractivity (Wildman–Crippen MR) is 105 cm³/mol. The molecule has 0 bridgehead atoms. The summed E-state index contributed by atoms with van der Waals surface area (Å²) in [5, 5.41) is 11.1. The molecule has 1 aliphatic rings. The first kappa shape index (κ1) is 18.1. The highest BCUT2D eigenvalue weighted by Crippen LogP contribution is 2.33. The summed E-state index contributed by atoms with van der Waals surface area (Å²) in [5.41, 5.74) is 2.14. The van der Waals surface area contributed by atoms with Gasteiger partial charge in [-0.25, -0.2) is 9.37 Å². The summed E-state index contributed by atoms with van der Waals surface area (Å²) in [6, 6.07) is 14.5. The Morgan fingerprint density at radius 2 is 1.85 bits per heavy atom. The van der Waals surface area contributed by atoms with Gasteiger partial charge in [0.2, 0.25) is 0 Å². The van der Waals surface area contributed by atoms with Crippen molar-refractivity contribution in [3.05, 3.63) is 65.7 Å². The number of likely N-dealkylation sites (tertiary alicyclic amines) is 1. The predicted octanol–water partition coefficient (Wildman–Crippen LogP) is 4.07. The van der Waals surface area contributed by atoms with Crippen molar-refractivity contribution < 1.29 is 9.50 Å². The van der Waals surface area contributed by atoms with Crippen LogP contribution in [0.5, 0.6) is 0 Å². The minimum atomic E-state index is -0.882. The van der Waals surface area contributed by atoms with Gasteiger partial charge in [0, 0.05) is 13.1 Å². The molecule has 3 aromatic rings. The molecule has 1 saturated heterocycles. The van der Waals surface area contributed by atoms with Crippen LogP contribution >= 0.6 is 0 Å². The molecule has 0 aliphatic carbocycles. The van der Waals surface area contributed by atoms with Gasteiger partial charge in [-0.15, -0.1) is 0 Å². The standard InChI is InChI=1S/C22H26FN3O/c1-2-26-20-7-4-3-6-19(20)24-21(26)16-25-14-5-12-22(27,13-15-25)17-8-10-18(23)11-9-17/h3-4,6-11,27H,2,5,12-16H2,1H3/t22-/m0/s1. The van der Waals surface area contributed by atoms with Crippen molar-refractivity contribution in [2.24, 2.45) is 0 Å². The van der Waals surface area contributed by atoms with Crippen LogP contribution in [0.3, 0.4) is 0 Å². The number of rotatable bonds is 4. The molecule has 0 spiro atoms. The third kappa shape index (κ3) is 3.62. The molecular formula is C22H26FN3O. The highest BCUT2D eigenvalue weighted by molar-refractivity contribution is 5.75. The second kappa shape index (κ2) is 7.41. The zero-order chi connectivity index (χ0) is 18.9. The molecule has 2 aromatic carbocycles. The molecule has 0 radical (unpaired) electrons. The normalized spacial score (nSPS) is 21.4. The Morgan fingerprint density at radius 3 is 2.63 bits per heavy atom. The largest absolute Gasteiger partial charge is 0.385 e. The smallest absolute Gasteiger partial charge is 0.124 e. The van der Waals surface area contributed by atoms with E-state index < -0.39 is 5.60 Å². The lowest BCUT2D eigenvalue weighted by Gasteiger charge is -2.27. The summed E-state index contributed by atoms with van der Waals surface area (Å²) in [5.74, 6) is 0.807. The summed E-state index contributed by atoms with van der Waals surface area (Å²) in [7, 11) is 0. The molecule has 0 unspecified atom stereocenters. The zero-order valence-corrected chi connectivity index (χ0v) is 15.7. The first-order valence-electron chi connectivity index (χ1n) is 9.74. The number of imidazole rings is 1. The van der Waals surface area contributed by atoms with Crippen molar-refractivity contribution in [2.75, 3.05) is 13.1 Å². The number of hydrogen-bond donors (Lipinski definition) is 1. The van der Waals surface area contributed by atoms with Crippen LogP contribution in [0.2, 0.25) is 0 Å². The van der Waals surface area contributed by atoms with Gasteiger partial charge in [0.15, 0.2) is 0 Å². The maximum absolute atomic E-state index is 13.2. The fraction of sp³-hybridized carbons (Fsp3) is 0.409. The number of benzene rings is 2. The van der Waals surface area contributed by atoms with E-state index in [0.29, 0.717) is 12.8 Å². The molecule has 2 heterocycles. The van der Waals surface area contributed by atoms with Crippen molar-refractivity contribution in [2.45, 2.75) is 44.9 Å². The first-order valence-corrected chi connectivity index (χ1v) is 9.74. The Labute approximate surface area is 159 Å². The van der Waals surface area contributed by atoms with Crippen LogP contribution in [0, 0.1) is 5.82 Å². The molecular weight excluding hydrogens is 341 g/mol. The summed E-state index contributed by atoms with van der Waals surface area (Å²) in [6.45, 7) is 5.54. The molecule has 1 N–H and O–H groups in total. The van der Waals surface area contributed by atoms with Crippen molar-refractivity contribution in [1.82, 2.24) is 14.5 Å². The number of nitrogens with zero attached hydrogens (tertiary/aromatic N) is 3. The SMILES string of the molecule is CCn1c(CN2CCC[C@@](O)(c3ccc(F)cc3)CC2)nc2ccccc21. The lowest BCUT2D eigenvalue weighted by Crippen LogP contribution is -2.29. The Morgan fingerprint density at radius 1 is 1.07 bits per heavy atom. The van der Waals surface area contributed by atoms with Crippen LogP contribution in [0.4, 0.5) is 4.39 Å². The average Bonchev–Trinajstić information content (AvgIpc) is 2.91. The summed E-state index contributed by atoms with van der Waals surface area (Å²) >= 11 is 0. The molecule has 0 amide bonds. The molecule has 5 heteroatoms. The van der Waals surface area contributed by atoms with Gasteiger partial charge < -0.3 is 9.67 Å². The average molecular weight is 367 g/mol. The van der Waals surface area contributed by atoms with E-state index in [-0.39, 0.29) is 5.82 Å². The summed E-state index contributed by atoms with van der Waals surface area (Å²) in [4.78, 5) is 7.20. The van der Waals surface area contributed by atoms with Crippen molar-refractivity contribution >= 4 is 11.0 Å². The molecule has 4 nitrogen and oxygen atoms in total. The second-order valence-electron chi connectivity index (χ2n) is 7.43. The van der Waals surface area contributed by atoms with E-state index in [1.807, 2.05) is 6.07 Å². The first-order chi connectivity index (χ1) is 13.1. The topological polar surface area (TPSA) is 41.3 Å². The van der Waals surface area contributed by atoms with Gasteiger partial charge in [-0.2, -0.15) is 0 Å². The highest BCUT2D eigenvalue weighted by Gasteiger charge is 2.32. The number of hydrogen-bond acceptors (Lipinski definition) is 3. The summed E-state index contributed by atoms with van der Waals surface area (Å²) in [6.07, 6.45) is 2.24. The highest BCUT2D eigenvalue weighted by atomic mass is 19.1. The lowest BCUT2D eigenvalue weighted by molar-refractivity contribution is 0.0208. The monoisotopic (exact) mass is 367 g/mol. The molecule has 1 atom stereocenters. The van der Waals surface area contributed by atoms with Gasteiger partial charge in [0.25, 0.3) is 0 Å². The number of aryl methyl sites for hydroxylation is 1. The maximum Gasteiger partial charge on any atom is 0.124 e. The molecule has 1 aliphatic heterocycles. The van der Waals surface area contributed by atoms with Gasteiger partial charge >= 0.3 is 0 Å². The fourth-order valence-corrected chi connectivity index (χ4v) is 4.18. The lowest BCUT2D eigenvalue weighted by atomic mass is 9.87. The van der Waals surface area contributed by atoms with E-state index in [1.165, 1.54) is 17.6 Å². The minimum absolute atomic E-state index is 0.268. The quantitative estimate of drug-likeness (QED) is 0.756. The van der Waals surface area contributed by atoms with Crippen molar-refractivity contribution in [3.8, 4) is 0 Å². The Balaban J connectivity index is 1.51. The van der Waals surface area contributed by atoms with E-state index >= 15 is 0 Å². The van der Waals surface area contributed by atoms with Crippen LogP contribution in [0.15, 0.2) is 48.5 Å². The minimum Gasteiger partial charge on any atom is -0.385 e. The Hall–Kier alpha value is -2.24. The zero-order valence-electron chi connectivity index (χ0n) is 15.7.